The second-order valence-electron chi connectivity index (χ2n) is 2.43. The molecule has 1 rings (SSSR count). The molecule has 0 aliphatic heterocycles. The van der Waals surface area contributed by atoms with E-state index in [0.717, 1.165) is 5.56 Å². The number of pyridine rings is 1. The highest BCUT2D eigenvalue weighted by atomic mass is 16.1. The number of hydrogen-bond acceptors (Lipinski definition) is 2. The van der Waals surface area contributed by atoms with Gasteiger partial charge in [-0.05, 0) is 24.0 Å². The van der Waals surface area contributed by atoms with Crippen LogP contribution in [0.5, 0.6) is 0 Å². The van der Waals surface area contributed by atoms with Crippen LogP contribution in [0, 0.1) is 12.3 Å². The Hall–Kier alpha value is -1.62. The van der Waals surface area contributed by atoms with Crippen LogP contribution in [0.25, 0.3) is 0 Å². The summed E-state index contributed by atoms with van der Waals surface area (Å²) >= 11 is 0. The van der Waals surface area contributed by atoms with Crippen molar-refractivity contribution in [1.82, 2.24) is 4.98 Å². The van der Waals surface area contributed by atoms with Crippen molar-refractivity contribution in [2.24, 2.45) is 0 Å². The third-order valence-electron chi connectivity index (χ3n) is 1.52. The van der Waals surface area contributed by atoms with Gasteiger partial charge in [-0.2, -0.15) is 0 Å². The quantitative estimate of drug-likeness (QED) is 0.490. The lowest BCUT2D eigenvalue weighted by atomic mass is 10.1. The molecule has 0 aromatic carbocycles. The number of nitrogens with zero attached hydrogens (tertiary/aromatic N) is 1. The molecule has 2 nitrogen and oxygen atoms in total. The van der Waals surface area contributed by atoms with Crippen molar-refractivity contribution in [2.45, 2.75) is 12.8 Å². The second-order valence-corrected chi connectivity index (χ2v) is 2.43. The fourth-order valence-corrected chi connectivity index (χ4v) is 0.876. The minimum absolute atomic E-state index is 0.154. The van der Waals surface area contributed by atoms with Crippen molar-refractivity contribution < 1.29 is 4.79 Å². The minimum Gasteiger partial charge on any atom is -0.285 e. The molecule has 1 aromatic rings. The lowest BCUT2D eigenvalue weighted by Crippen LogP contribution is -1.96. The Bertz CT molecular complexity index is 297. The van der Waals surface area contributed by atoms with E-state index in [9.17, 15) is 4.79 Å². The zero-order chi connectivity index (χ0) is 8.81. The van der Waals surface area contributed by atoms with E-state index >= 15 is 0 Å². The number of Topliss-reactive ketones (excluding diaryl/α,β-unsaturated/α-hetero) is 1. The highest BCUT2D eigenvalue weighted by Gasteiger charge is 1.97. The molecule has 0 saturated heterocycles. The Morgan fingerprint density at radius 1 is 1.67 bits per heavy atom. The molecule has 60 valence electrons. The first-order valence-electron chi connectivity index (χ1n) is 3.71. The standard InChI is InChI=1S/C10H9NO/c1-2-10(12)6-5-9-4-3-7-11-8-9/h1,3-4,7-8H,5-6H2. The van der Waals surface area contributed by atoms with Gasteiger partial charge in [-0.15, -0.1) is 6.42 Å². The Morgan fingerprint density at radius 3 is 3.08 bits per heavy atom. The van der Waals surface area contributed by atoms with Gasteiger partial charge >= 0.3 is 0 Å². The molecular weight excluding hydrogens is 150 g/mol. The summed E-state index contributed by atoms with van der Waals surface area (Å²) in [5.41, 5.74) is 1.04. The molecule has 12 heavy (non-hydrogen) atoms. The summed E-state index contributed by atoms with van der Waals surface area (Å²) in [7, 11) is 0. The van der Waals surface area contributed by atoms with Crippen molar-refractivity contribution in [1.29, 1.82) is 0 Å². The fraction of sp³-hybridized carbons (Fsp3) is 0.200. The summed E-state index contributed by atoms with van der Waals surface area (Å²) in [6.45, 7) is 0. The second kappa shape index (κ2) is 4.30. The van der Waals surface area contributed by atoms with E-state index in [1.54, 1.807) is 12.4 Å². The molecule has 0 N–H and O–H groups in total. The first-order chi connectivity index (χ1) is 5.83. The van der Waals surface area contributed by atoms with Crippen LogP contribution in [0.15, 0.2) is 24.5 Å². The lowest BCUT2D eigenvalue weighted by Gasteiger charge is -1.95. The van der Waals surface area contributed by atoms with Crippen LogP contribution in [0.4, 0.5) is 0 Å². The molecule has 0 aliphatic rings. The maximum atomic E-state index is 10.7. The number of aryl methyl sites for hydroxylation is 1. The molecule has 1 aromatic heterocycles. The third-order valence-corrected chi connectivity index (χ3v) is 1.52. The Morgan fingerprint density at radius 2 is 2.50 bits per heavy atom. The van der Waals surface area contributed by atoms with Gasteiger partial charge in [0.25, 0.3) is 0 Å². The average molecular weight is 159 g/mol. The average Bonchev–Trinajstić information content (AvgIpc) is 2.16. The third kappa shape index (κ3) is 2.55. The van der Waals surface area contributed by atoms with Crippen LogP contribution in [-0.4, -0.2) is 10.8 Å². The Balaban J connectivity index is 2.45. The maximum Gasteiger partial charge on any atom is 0.205 e. The molecule has 0 atom stereocenters. The molecule has 2 heteroatoms. The van der Waals surface area contributed by atoms with Crippen molar-refractivity contribution >= 4 is 5.78 Å². The van der Waals surface area contributed by atoms with E-state index in [0.29, 0.717) is 12.8 Å². The molecular formula is C10H9NO. The number of carbonyl (C=O) groups excluding carboxylic acids is 1. The Labute approximate surface area is 71.6 Å². The van der Waals surface area contributed by atoms with Crippen LogP contribution < -0.4 is 0 Å². The van der Waals surface area contributed by atoms with E-state index in [4.69, 9.17) is 6.42 Å². The van der Waals surface area contributed by atoms with E-state index in [-0.39, 0.29) is 5.78 Å². The van der Waals surface area contributed by atoms with Crippen molar-refractivity contribution in [3.63, 3.8) is 0 Å². The van der Waals surface area contributed by atoms with Gasteiger partial charge in [0.2, 0.25) is 5.78 Å². The molecule has 0 unspecified atom stereocenters. The van der Waals surface area contributed by atoms with Crippen LogP contribution in [-0.2, 0) is 11.2 Å². The highest BCUT2D eigenvalue weighted by molar-refractivity contribution is 5.94. The van der Waals surface area contributed by atoms with Gasteiger partial charge in [0.15, 0.2) is 0 Å². The molecule has 0 fully saturated rings. The van der Waals surface area contributed by atoms with Crippen molar-refractivity contribution in [2.75, 3.05) is 0 Å². The summed E-state index contributed by atoms with van der Waals surface area (Å²) in [5, 5.41) is 0. The summed E-state index contributed by atoms with van der Waals surface area (Å²) in [4.78, 5) is 14.7. The zero-order valence-electron chi connectivity index (χ0n) is 6.66. The predicted molar refractivity (Wildman–Crippen MR) is 46.4 cm³/mol. The van der Waals surface area contributed by atoms with Crippen LogP contribution >= 0.6 is 0 Å². The number of carbonyl (C=O) groups is 1. The molecule has 0 saturated carbocycles. The number of rotatable bonds is 3. The lowest BCUT2D eigenvalue weighted by molar-refractivity contribution is -0.113. The SMILES string of the molecule is C#CC(=O)CCc1cccnc1. The normalized spacial score (nSPS) is 8.92. The minimum atomic E-state index is -0.154. The van der Waals surface area contributed by atoms with Gasteiger partial charge < -0.3 is 0 Å². The van der Waals surface area contributed by atoms with E-state index in [2.05, 4.69) is 10.9 Å². The molecule has 0 bridgehead atoms. The summed E-state index contributed by atoms with van der Waals surface area (Å²) < 4.78 is 0. The van der Waals surface area contributed by atoms with E-state index < -0.39 is 0 Å². The summed E-state index contributed by atoms with van der Waals surface area (Å²) in [6.07, 6.45) is 9.44. The fourth-order valence-electron chi connectivity index (χ4n) is 0.876. The van der Waals surface area contributed by atoms with Gasteiger partial charge in [0.1, 0.15) is 0 Å². The van der Waals surface area contributed by atoms with Gasteiger partial charge in [-0.3, -0.25) is 9.78 Å². The van der Waals surface area contributed by atoms with Crippen molar-refractivity contribution in [3.8, 4) is 12.3 Å². The van der Waals surface area contributed by atoms with Crippen molar-refractivity contribution in [3.05, 3.63) is 30.1 Å². The monoisotopic (exact) mass is 159 g/mol. The molecule has 0 aliphatic carbocycles. The molecule has 0 spiro atoms. The molecule has 0 amide bonds. The number of aromatic nitrogens is 1. The largest absolute Gasteiger partial charge is 0.285 e. The van der Waals surface area contributed by atoms with Gasteiger partial charge in [0.05, 0.1) is 0 Å². The highest BCUT2D eigenvalue weighted by Crippen LogP contribution is 1.99. The van der Waals surface area contributed by atoms with Gasteiger partial charge in [-0.1, -0.05) is 6.07 Å². The van der Waals surface area contributed by atoms with Gasteiger partial charge in [-0.25, -0.2) is 0 Å². The molecule has 1 heterocycles. The van der Waals surface area contributed by atoms with Crippen LogP contribution in [0.3, 0.4) is 0 Å². The van der Waals surface area contributed by atoms with Crippen LogP contribution in [0.2, 0.25) is 0 Å². The zero-order valence-corrected chi connectivity index (χ0v) is 6.66. The Kier molecular flexibility index (Phi) is 3.04. The number of ketones is 1. The smallest absolute Gasteiger partial charge is 0.205 e. The topological polar surface area (TPSA) is 30.0 Å². The van der Waals surface area contributed by atoms with Crippen LogP contribution in [0.1, 0.15) is 12.0 Å². The van der Waals surface area contributed by atoms with E-state index in [1.165, 1.54) is 0 Å². The first kappa shape index (κ1) is 8.48. The number of terminal acetylenes is 1. The summed E-state index contributed by atoms with van der Waals surface area (Å²) in [6, 6.07) is 3.77. The van der Waals surface area contributed by atoms with Gasteiger partial charge in [0, 0.05) is 18.8 Å². The van der Waals surface area contributed by atoms with E-state index in [1.807, 2.05) is 12.1 Å². The maximum absolute atomic E-state index is 10.7. The first-order valence-corrected chi connectivity index (χ1v) is 3.71. The number of hydrogen-bond donors (Lipinski definition) is 0. The predicted octanol–water partition coefficient (Wildman–Crippen LogP) is 1.22. The molecule has 0 radical (unpaired) electrons. The summed E-state index contributed by atoms with van der Waals surface area (Å²) in [5.74, 6) is 1.92.